The average molecular weight is 179 g/mol. The molecule has 0 bridgehead atoms. The summed E-state index contributed by atoms with van der Waals surface area (Å²) in [5.41, 5.74) is 4.80. The molecule has 0 heterocycles. The first-order valence-electron chi connectivity index (χ1n) is 0.856. The standard InChI is InChI=1S/CH2BrCl2N/c2-1(3,4)5/h5H2. The van der Waals surface area contributed by atoms with Crippen LogP contribution >= 0.6 is 39.1 Å². The Labute approximate surface area is 48.6 Å². The van der Waals surface area contributed by atoms with Gasteiger partial charge in [0.2, 0.25) is 3.37 Å². The van der Waals surface area contributed by atoms with Crippen LogP contribution in [0.15, 0.2) is 0 Å². The van der Waals surface area contributed by atoms with Crippen LogP contribution in [0.2, 0.25) is 0 Å². The van der Waals surface area contributed by atoms with E-state index in [-0.39, 0.29) is 0 Å². The highest BCUT2D eigenvalue weighted by atomic mass is 79.9. The van der Waals surface area contributed by atoms with Gasteiger partial charge in [-0.25, -0.2) is 0 Å². The third-order valence-corrected chi connectivity index (χ3v) is 0. The van der Waals surface area contributed by atoms with Crippen LogP contribution in [0.25, 0.3) is 0 Å². The topological polar surface area (TPSA) is 26.0 Å². The van der Waals surface area contributed by atoms with Crippen molar-refractivity contribution in [3.8, 4) is 0 Å². The van der Waals surface area contributed by atoms with Gasteiger partial charge in [-0.1, -0.05) is 23.2 Å². The van der Waals surface area contributed by atoms with Crippen molar-refractivity contribution in [2.24, 2.45) is 5.73 Å². The summed E-state index contributed by atoms with van der Waals surface area (Å²) < 4.78 is -1.24. The van der Waals surface area contributed by atoms with Crippen LogP contribution in [0.3, 0.4) is 0 Å². The Bertz CT molecular complexity index is 25.1. The zero-order valence-electron chi connectivity index (χ0n) is 2.21. The molecule has 5 heavy (non-hydrogen) atoms. The van der Waals surface area contributed by atoms with E-state index in [1.807, 2.05) is 0 Å². The van der Waals surface area contributed by atoms with Crippen LogP contribution in [-0.2, 0) is 0 Å². The van der Waals surface area contributed by atoms with Gasteiger partial charge in [-0.2, -0.15) is 0 Å². The van der Waals surface area contributed by atoms with Gasteiger partial charge in [0.05, 0.1) is 0 Å². The highest BCUT2D eigenvalue weighted by Crippen LogP contribution is 2.19. The Balaban J connectivity index is 3.02. The zero-order valence-corrected chi connectivity index (χ0v) is 5.31. The molecular weight excluding hydrogens is 177 g/mol. The first-order valence-corrected chi connectivity index (χ1v) is 2.40. The molecule has 0 aliphatic rings. The molecule has 0 unspecified atom stereocenters. The van der Waals surface area contributed by atoms with Gasteiger partial charge >= 0.3 is 0 Å². The van der Waals surface area contributed by atoms with Crippen LogP contribution in [0.1, 0.15) is 0 Å². The lowest BCUT2D eigenvalue weighted by Gasteiger charge is -1.96. The summed E-state index contributed by atoms with van der Waals surface area (Å²) >= 11 is 12.7. The third-order valence-electron chi connectivity index (χ3n) is 0. The van der Waals surface area contributed by atoms with Gasteiger partial charge in [0.25, 0.3) is 0 Å². The van der Waals surface area contributed by atoms with E-state index < -0.39 is 3.37 Å². The molecule has 0 rings (SSSR count). The summed E-state index contributed by atoms with van der Waals surface area (Å²) in [5, 5.41) is 0. The van der Waals surface area contributed by atoms with E-state index >= 15 is 0 Å². The molecular formula is CH2BrCl2N. The third kappa shape index (κ3) is 44.0. The van der Waals surface area contributed by atoms with Crippen LogP contribution in [0.5, 0.6) is 0 Å². The Morgan fingerprint density at radius 2 is 1.60 bits per heavy atom. The molecule has 0 saturated carbocycles. The molecule has 2 N–H and O–H groups in total. The second kappa shape index (κ2) is 1.65. The lowest BCUT2D eigenvalue weighted by Crippen LogP contribution is -2.14. The van der Waals surface area contributed by atoms with Crippen LogP contribution in [-0.4, -0.2) is 3.37 Å². The van der Waals surface area contributed by atoms with E-state index in [1.165, 1.54) is 0 Å². The largest absolute Gasteiger partial charge is 0.291 e. The maximum Gasteiger partial charge on any atom is 0.222 e. The van der Waals surface area contributed by atoms with E-state index in [1.54, 1.807) is 0 Å². The fraction of sp³-hybridized carbons (Fsp3) is 1.00. The van der Waals surface area contributed by atoms with Gasteiger partial charge in [0.15, 0.2) is 0 Å². The number of hydrogen-bond acceptors (Lipinski definition) is 1. The second-order valence-corrected chi connectivity index (χ2v) is 4.09. The summed E-state index contributed by atoms with van der Waals surface area (Å²) in [5.74, 6) is 0. The van der Waals surface area contributed by atoms with E-state index in [4.69, 9.17) is 28.9 Å². The highest BCUT2D eigenvalue weighted by Gasteiger charge is 2.06. The van der Waals surface area contributed by atoms with Crippen molar-refractivity contribution in [2.75, 3.05) is 0 Å². The Kier molecular flexibility index (Phi) is 1.98. The maximum atomic E-state index is 4.99. The zero-order chi connectivity index (χ0) is 4.50. The molecule has 0 aliphatic carbocycles. The summed E-state index contributed by atoms with van der Waals surface area (Å²) in [6.07, 6.45) is 0. The van der Waals surface area contributed by atoms with E-state index in [9.17, 15) is 0 Å². The molecule has 0 aromatic carbocycles. The quantitative estimate of drug-likeness (QED) is 0.441. The summed E-state index contributed by atoms with van der Waals surface area (Å²) in [7, 11) is 0. The Hall–Kier alpha value is 1.02. The monoisotopic (exact) mass is 177 g/mol. The molecule has 0 amide bonds. The number of alkyl halides is 3. The Morgan fingerprint density at radius 3 is 1.60 bits per heavy atom. The minimum Gasteiger partial charge on any atom is -0.291 e. The fourth-order valence-corrected chi connectivity index (χ4v) is 0. The number of hydrogen-bond donors (Lipinski definition) is 1. The molecule has 0 radical (unpaired) electrons. The van der Waals surface area contributed by atoms with Crippen molar-refractivity contribution in [2.45, 2.75) is 3.37 Å². The molecule has 4 heteroatoms. The van der Waals surface area contributed by atoms with Crippen molar-refractivity contribution in [3.63, 3.8) is 0 Å². The minimum absolute atomic E-state index is 1.24. The van der Waals surface area contributed by atoms with Crippen molar-refractivity contribution in [1.29, 1.82) is 0 Å². The van der Waals surface area contributed by atoms with Crippen molar-refractivity contribution >= 4 is 39.1 Å². The van der Waals surface area contributed by atoms with Gasteiger partial charge in [-0.3, -0.25) is 5.73 Å². The molecule has 0 saturated heterocycles. The lowest BCUT2D eigenvalue weighted by molar-refractivity contribution is 1.22. The van der Waals surface area contributed by atoms with Crippen molar-refractivity contribution in [3.05, 3.63) is 0 Å². The van der Waals surface area contributed by atoms with Gasteiger partial charge in [0.1, 0.15) is 0 Å². The molecule has 0 atom stereocenters. The van der Waals surface area contributed by atoms with Gasteiger partial charge in [-0.05, 0) is 15.9 Å². The second-order valence-electron chi connectivity index (χ2n) is 0.542. The molecule has 0 aromatic rings. The summed E-state index contributed by atoms with van der Waals surface area (Å²) in [6, 6.07) is 0. The van der Waals surface area contributed by atoms with Gasteiger partial charge in [-0.15, -0.1) is 0 Å². The van der Waals surface area contributed by atoms with Crippen LogP contribution in [0, 0.1) is 0 Å². The molecule has 0 aliphatic heterocycles. The SMILES string of the molecule is NC(Cl)(Cl)Br. The molecule has 0 spiro atoms. The van der Waals surface area contributed by atoms with Crippen molar-refractivity contribution < 1.29 is 0 Å². The van der Waals surface area contributed by atoms with Crippen LogP contribution < -0.4 is 5.73 Å². The fourth-order valence-electron chi connectivity index (χ4n) is 0. The van der Waals surface area contributed by atoms with Crippen LogP contribution in [0.4, 0.5) is 0 Å². The first-order chi connectivity index (χ1) is 2.00. The normalized spacial score (nSPS) is 12.0. The van der Waals surface area contributed by atoms with Crippen molar-refractivity contribution in [1.82, 2.24) is 0 Å². The lowest BCUT2D eigenvalue weighted by atomic mass is 11.5. The van der Waals surface area contributed by atoms with E-state index in [0.29, 0.717) is 0 Å². The van der Waals surface area contributed by atoms with Gasteiger partial charge < -0.3 is 0 Å². The highest BCUT2D eigenvalue weighted by molar-refractivity contribution is 9.11. The molecule has 0 aromatic heterocycles. The first kappa shape index (κ1) is 6.02. The van der Waals surface area contributed by atoms with E-state index in [0.717, 1.165) is 0 Å². The molecule has 32 valence electrons. The number of nitrogens with two attached hydrogens (primary N) is 1. The maximum absolute atomic E-state index is 4.99. The summed E-state index contributed by atoms with van der Waals surface area (Å²) in [6.45, 7) is 0. The predicted octanol–water partition coefficient (Wildman–Crippen LogP) is 1.43. The van der Waals surface area contributed by atoms with Gasteiger partial charge in [0, 0.05) is 0 Å². The smallest absolute Gasteiger partial charge is 0.222 e. The Morgan fingerprint density at radius 1 is 1.60 bits per heavy atom. The minimum atomic E-state index is -1.24. The number of halogens is 3. The predicted molar refractivity (Wildman–Crippen MR) is 27.6 cm³/mol. The average Bonchev–Trinajstić information content (AvgIpc) is 0.722. The molecule has 0 fully saturated rings. The molecule has 1 nitrogen and oxygen atoms in total. The summed E-state index contributed by atoms with van der Waals surface area (Å²) in [4.78, 5) is 0. The number of rotatable bonds is 0. The van der Waals surface area contributed by atoms with E-state index in [2.05, 4.69) is 15.9 Å².